The van der Waals surface area contributed by atoms with Gasteiger partial charge in [-0.1, -0.05) is 0 Å². The van der Waals surface area contributed by atoms with E-state index in [4.69, 9.17) is 0 Å². The molecule has 0 bridgehead atoms. The van der Waals surface area contributed by atoms with E-state index < -0.39 is 0 Å². The number of hydrogen-bond donors (Lipinski definition) is 1. The standard InChI is InChI=1S/C17H21N5O2/c1-11-8-13(6-7-18-11)20-17(24)14-4-5-15(23)22(3)16(14)12-9-19-21(2)10-12/h6-10,14,16H,4-5H2,1-3H3,(H,18,20,24)/t14-,16+/m1/s1. The number of aryl methyl sites for hydroxylation is 2. The van der Waals surface area contributed by atoms with E-state index in [1.807, 2.05) is 26.2 Å². The summed E-state index contributed by atoms with van der Waals surface area (Å²) in [4.78, 5) is 30.7. The van der Waals surface area contributed by atoms with Crippen molar-refractivity contribution in [3.63, 3.8) is 0 Å². The Kier molecular flexibility index (Phi) is 4.33. The second-order valence-corrected chi connectivity index (χ2v) is 6.22. The Bertz CT molecular complexity index is 770. The molecule has 2 amide bonds. The van der Waals surface area contributed by atoms with Crippen molar-refractivity contribution in [1.29, 1.82) is 0 Å². The van der Waals surface area contributed by atoms with Gasteiger partial charge in [0, 0.05) is 49.9 Å². The second-order valence-electron chi connectivity index (χ2n) is 6.22. The average molecular weight is 327 g/mol. The number of nitrogens with zero attached hydrogens (tertiary/aromatic N) is 4. The highest BCUT2D eigenvalue weighted by atomic mass is 16.2. The van der Waals surface area contributed by atoms with Crippen LogP contribution in [0.1, 0.15) is 30.1 Å². The van der Waals surface area contributed by atoms with Crippen molar-refractivity contribution in [1.82, 2.24) is 19.7 Å². The maximum atomic E-state index is 12.8. The first-order chi connectivity index (χ1) is 11.5. The van der Waals surface area contributed by atoms with Crippen LogP contribution < -0.4 is 5.32 Å². The van der Waals surface area contributed by atoms with Crippen LogP contribution in [0.5, 0.6) is 0 Å². The maximum absolute atomic E-state index is 12.8. The van der Waals surface area contributed by atoms with Crippen LogP contribution in [0.4, 0.5) is 5.69 Å². The molecular weight excluding hydrogens is 306 g/mol. The van der Waals surface area contributed by atoms with Crippen LogP contribution in [-0.4, -0.2) is 38.5 Å². The molecule has 0 radical (unpaired) electrons. The molecule has 1 saturated heterocycles. The van der Waals surface area contributed by atoms with Gasteiger partial charge in [-0.3, -0.25) is 19.3 Å². The molecule has 0 unspecified atom stereocenters. The van der Waals surface area contributed by atoms with Crippen LogP contribution in [0.2, 0.25) is 0 Å². The molecule has 0 aromatic carbocycles. The molecule has 1 N–H and O–H groups in total. The minimum absolute atomic E-state index is 0.0488. The van der Waals surface area contributed by atoms with Crippen LogP contribution in [0, 0.1) is 12.8 Å². The minimum atomic E-state index is -0.314. The Morgan fingerprint density at radius 2 is 2.17 bits per heavy atom. The first kappa shape index (κ1) is 16.2. The molecule has 3 heterocycles. The smallest absolute Gasteiger partial charge is 0.229 e. The number of likely N-dealkylation sites (tertiary alicyclic amines) is 1. The third kappa shape index (κ3) is 3.15. The van der Waals surface area contributed by atoms with Crippen LogP contribution in [0.15, 0.2) is 30.7 Å². The van der Waals surface area contributed by atoms with Crippen molar-refractivity contribution in [3.8, 4) is 0 Å². The van der Waals surface area contributed by atoms with Crippen LogP contribution in [0.3, 0.4) is 0 Å². The molecule has 1 aliphatic heterocycles. The SMILES string of the molecule is Cc1cc(NC(=O)[C@@H]2CCC(=O)N(C)[C@H]2c2cnn(C)c2)ccn1. The van der Waals surface area contributed by atoms with E-state index in [1.54, 1.807) is 35.1 Å². The predicted octanol–water partition coefficient (Wildman–Crippen LogP) is 1.67. The number of aromatic nitrogens is 3. The lowest BCUT2D eigenvalue weighted by Gasteiger charge is -2.37. The maximum Gasteiger partial charge on any atom is 0.229 e. The lowest BCUT2D eigenvalue weighted by Crippen LogP contribution is -2.44. The average Bonchev–Trinajstić information content (AvgIpc) is 2.95. The van der Waals surface area contributed by atoms with E-state index >= 15 is 0 Å². The Morgan fingerprint density at radius 1 is 1.38 bits per heavy atom. The van der Waals surface area contributed by atoms with Gasteiger partial charge in [-0.2, -0.15) is 5.10 Å². The van der Waals surface area contributed by atoms with Crippen molar-refractivity contribution >= 4 is 17.5 Å². The summed E-state index contributed by atoms with van der Waals surface area (Å²) >= 11 is 0. The molecule has 2 atom stereocenters. The topological polar surface area (TPSA) is 80.1 Å². The Balaban J connectivity index is 1.86. The minimum Gasteiger partial charge on any atom is -0.338 e. The van der Waals surface area contributed by atoms with E-state index in [0.717, 1.165) is 16.9 Å². The van der Waals surface area contributed by atoms with Gasteiger partial charge in [0.15, 0.2) is 0 Å². The quantitative estimate of drug-likeness (QED) is 0.930. The zero-order valence-corrected chi connectivity index (χ0v) is 14.1. The molecule has 0 aliphatic carbocycles. The number of nitrogens with one attached hydrogen (secondary N) is 1. The Morgan fingerprint density at radius 3 is 2.83 bits per heavy atom. The first-order valence-electron chi connectivity index (χ1n) is 7.93. The predicted molar refractivity (Wildman–Crippen MR) is 89.0 cm³/mol. The van der Waals surface area contributed by atoms with Gasteiger partial charge in [0.2, 0.25) is 11.8 Å². The molecule has 1 aliphatic rings. The summed E-state index contributed by atoms with van der Waals surface area (Å²) in [6.07, 6.45) is 6.15. The van der Waals surface area contributed by atoms with Gasteiger partial charge in [-0.05, 0) is 25.5 Å². The van der Waals surface area contributed by atoms with E-state index in [9.17, 15) is 9.59 Å². The van der Waals surface area contributed by atoms with Crippen molar-refractivity contribution in [2.24, 2.45) is 13.0 Å². The summed E-state index contributed by atoms with van der Waals surface area (Å²) in [5.41, 5.74) is 2.43. The van der Waals surface area contributed by atoms with Crippen LogP contribution in [0.25, 0.3) is 0 Å². The molecular formula is C17H21N5O2. The van der Waals surface area contributed by atoms with Gasteiger partial charge in [-0.15, -0.1) is 0 Å². The zero-order valence-electron chi connectivity index (χ0n) is 14.1. The van der Waals surface area contributed by atoms with Gasteiger partial charge >= 0.3 is 0 Å². The molecule has 1 fully saturated rings. The highest BCUT2D eigenvalue weighted by Crippen LogP contribution is 2.36. The number of piperidine rings is 1. The van der Waals surface area contributed by atoms with Gasteiger partial charge in [0.05, 0.1) is 18.2 Å². The van der Waals surface area contributed by atoms with Gasteiger partial charge in [0.1, 0.15) is 0 Å². The number of anilines is 1. The van der Waals surface area contributed by atoms with E-state index in [0.29, 0.717) is 12.8 Å². The summed E-state index contributed by atoms with van der Waals surface area (Å²) < 4.78 is 1.68. The third-order valence-electron chi connectivity index (χ3n) is 4.43. The van der Waals surface area contributed by atoms with Gasteiger partial charge < -0.3 is 10.2 Å². The first-order valence-corrected chi connectivity index (χ1v) is 7.93. The fourth-order valence-corrected chi connectivity index (χ4v) is 3.22. The van der Waals surface area contributed by atoms with Crippen molar-refractivity contribution in [3.05, 3.63) is 42.0 Å². The summed E-state index contributed by atoms with van der Waals surface area (Å²) in [5, 5.41) is 7.13. The molecule has 7 nitrogen and oxygen atoms in total. The summed E-state index contributed by atoms with van der Waals surface area (Å²) in [6.45, 7) is 1.88. The van der Waals surface area contributed by atoms with Crippen LogP contribution >= 0.6 is 0 Å². The molecule has 0 spiro atoms. The number of rotatable bonds is 3. The summed E-state index contributed by atoms with van der Waals surface area (Å²) in [5.74, 6) is -0.355. The van der Waals surface area contributed by atoms with Crippen molar-refractivity contribution in [2.75, 3.05) is 12.4 Å². The molecule has 3 rings (SSSR count). The Hall–Kier alpha value is -2.70. The fourth-order valence-electron chi connectivity index (χ4n) is 3.22. The number of hydrogen-bond acceptors (Lipinski definition) is 4. The largest absolute Gasteiger partial charge is 0.338 e. The molecule has 126 valence electrons. The molecule has 0 saturated carbocycles. The molecule has 2 aromatic rings. The Labute approximate surface area is 140 Å². The summed E-state index contributed by atoms with van der Waals surface area (Å²) in [6, 6.07) is 3.29. The lowest BCUT2D eigenvalue weighted by atomic mass is 9.85. The normalized spacial score (nSPS) is 21.0. The lowest BCUT2D eigenvalue weighted by molar-refractivity contribution is -0.140. The fraction of sp³-hybridized carbons (Fsp3) is 0.412. The van der Waals surface area contributed by atoms with E-state index in [-0.39, 0.29) is 23.8 Å². The number of carbonyl (C=O) groups is 2. The summed E-state index contributed by atoms with van der Waals surface area (Å²) in [7, 11) is 3.57. The van der Waals surface area contributed by atoms with Gasteiger partial charge in [0.25, 0.3) is 0 Å². The van der Waals surface area contributed by atoms with E-state index in [1.165, 1.54) is 0 Å². The number of pyridine rings is 1. The van der Waals surface area contributed by atoms with E-state index in [2.05, 4.69) is 15.4 Å². The van der Waals surface area contributed by atoms with Crippen LogP contribution in [-0.2, 0) is 16.6 Å². The zero-order chi connectivity index (χ0) is 17.3. The molecule has 24 heavy (non-hydrogen) atoms. The highest BCUT2D eigenvalue weighted by molar-refractivity contribution is 5.94. The van der Waals surface area contributed by atoms with Crippen molar-refractivity contribution in [2.45, 2.75) is 25.8 Å². The van der Waals surface area contributed by atoms with Gasteiger partial charge in [-0.25, -0.2) is 0 Å². The third-order valence-corrected chi connectivity index (χ3v) is 4.43. The molecule has 2 aromatic heterocycles. The number of amides is 2. The van der Waals surface area contributed by atoms with Crippen molar-refractivity contribution < 1.29 is 9.59 Å². The monoisotopic (exact) mass is 327 g/mol. The number of carbonyl (C=O) groups excluding carboxylic acids is 2. The molecule has 7 heteroatoms. The highest BCUT2D eigenvalue weighted by Gasteiger charge is 2.39. The second kappa shape index (κ2) is 6.43.